The van der Waals surface area contributed by atoms with Crippen molar-refractivity contribution in [2.75, 3.05) is 44.8 Å². The molecule has 1 aromatic carbocycles. The zero-order valence-corrected chi connectivity index (χ0v) is 14.1. The Morgan fingerprint density at radius 1 is 1.38 bits per heavy atom. The maximum atomic E-state index is 13.0. The molecule has 1 aromatic rings. The molecule has 0 aliphatic carbocycles. The van der Waals surface area contributed by atoms with Gasteiger partial charge in [-0.1, -0.05) is 6.07 Å². The van der Waals surface area contributed by atoms with Crippen LogP contribution in [0.1, 0.15) is 17.9 Å². The monoisotopic (exact) mass is 377 g/mol. The minimum absolute atomic E-state index is 0.159. The van der Waals surface area contributed by atoms with Gasteiger partial charge >= 0.3 is 6.18 Å². The van der Waals surface area contributed by atoms with E-state index in [2.05, 4.69) is 5.32 Å². The van der Waals surface area contributed by atoms with Crippen LogP contribution in [0.15, 0.2) is 24.2 Å². The predicted octanol–water partition coefficient (Wildman–Crippen LogP) is 1.51. The number of hydrogen-bond acceptors (Lipinski definition) is 4. The number of ether oxygens (including phenoxy) is 1. The molecule has 26 heavy (non-hydrogen) atoms. The summed E-state index contributed by atoms with van der Waals surface area (Å²) in [6.45, 7) is -2.36. The lowest BCUT2D eigenvalue weighted by atomic mass is 10.1. The molecule has 1 atom stereocenters. The third-order valence-corrected chi connectivity index (χ3v) is 3.98. The lowest BCUT2D eigenvalue weighted by molar-refractivity contribution is -0.137. The number of piperazine rings is 1. The fourth-order valence-electron chi connectivity index (χ4n) is 2.72. The van der Waals surface area contributed by atoms with Gasteiger partial charge in [0, 0.05) is 49.9 Å². The van der Waals surface area contributed by atoms with Crippen molar-refractivity contribution in [2.24, 2.45) is 0 Å². The Balaban J connectivity index is 2.05. The first kappa shape index (κ1) is 14.8. The number of nitrogens with zero attached hydrogens (tertiary/aromatic N) is 2. The zero-order valence-electron chi connectivity index (χ0n) is 18.1. The molecule has 0 aromatic heterocycles. The molecular weight excluding hydrogens is 351 g/mol. The second-order valence-corrected chi connectivity index (χ2v) is 5.75. The first-order valence-electron chi connectivity index (χ1n) is 9.86. The molecule has 1 saturated heterocycles. The Morgan fingerprint density at radius 2 is 2.08 bits per heavy atom. The number of alkyl halides is 3. The van der Waals surface area contributed by atoms with E-state index in [1.807, 2.05) is 0 Å². The summed E-state index contributed by atoms with van der Waals surface area (Å²) in [5.41, 5.74) is -0.749. The third kappa shape index (κ3) is 5.10. The summed E-state index contributed by atoms with van der Waals surface area (Å²) in [7, 11) is 1.30. The standard InChI is InChI=1S/C17H22F3N3O3/c1-12(24)21-15(11-26-2)16(25)23-8-6-22(7-9-23)14-5-3-4-13(10-14)17(18,19)20/h3-5,10,15H,6-9,11H2,1-2H3,(H,21,24)/t15-/m1/s1/i1D3,4D. The highest BCUT2D eigenvalue weighted by Crippen LogP contribution is 2.31. The van der Waals surface area contributed by atoms with Crippen molar-refractivity contribution in [1.29, 1.82) is 0 Å². The molecule has 2 rings (SSSR count). The highest BCUT2D eigenvalue weighted by molar-refractivity contribution is 5.87. The average Bonchev–Trinajstić information content (AvgIpc) is 2.66. The number of carbonyl (C=O) groups is 2. The van der Waals surface area contributed by atoms with Crippen LogP contribution in [0.5, 0.6) is 0 Å². The van der Waals surface area contributed by atoms with Crippen molar-refractivity contribution in [1.82, 2.24) is 10.2 Å². The largest absolute Gasteiger partial charge is 0.416 e. The topological polar surface area (TPSA) is 61.9 Å². The number of amides is 2. The van der Waals surface area contributed by atoms with E-state index in [1.165, 1.54) is 18.1 Å². The van der Waals surface area contributed by atoms with Crippen LogP contribution in [0, 0.1) is 0 Å². The number of methoxy groups -OCH3 is 1. The van der Waals surface area contributed by atoms with Crippen molar-refractivity contribution >= 4 is 17.5 Å². The molecule has 1 aliphatic heterocycles. The summed E-state index contributed by atoms with van der Waals surface area (Å²) in [5.74, 6) is -1.81. The molecule has 0 saturated carbocycles. The van der Waals surface area contributed by atoms with Crippen molar-refractivity contribution in [3.63, 3.8) is 0 Å². The van der Waals surface area contributed by atoms with Crippen LogP contribution in [-0.4, -0.2) is 62.7 Å². The van der Waals surface area contributed by atoms with Gasteiger partial charge in [-0.25, -0.2) is 0 Å². The Labute approximate surface area is 155 Å². The Kier molecular flexibility index (Phi) is 4.79. The van der Waals surface area contributed by atoms with Crippen molar-refractivity contribution in [3.05, 3.63) is 29.8 Å². The lowest BCUT2D eigenvalue weighted by Crippen LogP contribution is -2.56. The second kappa shape index (κ2) is 8.39. The number of benzene rings is 1. The van der Waals surface area contributed by atoms with E-state index in [0.717, 1.165) is 12.1 Å². The highest BCUT2D eigenvalue weighted by Gasteiger charge is 2.32. The molecule has 6 nitrogen and oxygen atoms in total. The van der Waals surface area contributed by atoms with Gasteiger partial charge < -0.3 is 19.9 Å². The van der Waals surface area contributed by atoms with E-state index in [9.17, 15) is 22.8 Å². The summed E-state index contributed by atoms with van der Waals surface area (Å²) in [5, 5.41) is 2.15. The highest BCUT2D eigenvalue weighted by atomic mass is 19.4. The van der Waals surface area contributed by atoms with Gasteiger partial charge in [0.2, 0.25) is 11.8 Å². The summed E-state index contributed by atoms with van der Waals surface area (Å²) >= 11 is 0. The van der Waals surface area contributed by atoms with E-state index >= 15 is 0 Å². The first-order valence-corrected chi connectivity index (χ1v) is 7.86. The number of halogens is 3. The van der Waals surface area contributed by atoms with Crippen LogP contribution in [0.4, 0.5) is 18.9 Å². The summed E-state index contributed by atoms with van der Waals surface area (Å²) in [6.07, 6.45) is -4.64. The van der Waals surface area contributed by atoms with Gasteiger partial charge in [0.05, 0.1) is 13.5 Å². The minimum Gasteiger partial charge on any atom is -0.382 e. The van der Waals surface area contributed by atoms with Crippen LogP contribution in [0.25, 0.3) is 0 Å². The van der Waals surface area contributed by atoms with Gasteiger partial charge in [0.25, 0.3) is 0 Å². The molecule has 9 heteroatoms. The number of anilines is 1. The molecule has 1 N–H and O–H groups in total. The second-order valence-electron chi connectivity index (χ2n) is 5.75. The van der Waals surface area contributed by atoms with Crippen molar-refractivity contribution in [3.8, 4) is 0 Å². The first-order chi connectivity index (χ1) is 13.8. The average molecular weight is 377 g/mol. The van der Waals surface area contributed by atoms with E-state index < -0.39 is 42.5 Å². The van der Waals surface area contributed by atoms with Crippen molar-refractivity contribution < 1.29 is 33.0 Å². The van der Waals surface area contributed by atoms with Gasteiger partial charge in [-0.3, -0.25) is 9.59 Å². The molecule has 0 bridgehead atoms. The molecule has 0 radical (unpaired) electrons. The molecule has 0 unspecified atom stereocenters. The van der Waals surface area contributed by atoms with E-state index in [4.69, 9.17) is 10.2 Å². The SMILES string of the molecule is [2H]c1ccc(N2CCN(C(=O)[C@@H](COC)NC(=O)C([2H])([2H])[2H])CC2)cc1C(F)(F)F. The molecule has 1 fully saturated rings. The number of rotatable bonds is 5. The molecule has 1 aliphatic rings. The molecule has 2 amide bonds. The van der Waals surface area contributed by atoms with E-state index in [1.54, 1.807) is 4.90 Å². The maximum Gasteiger partial charge on any atom is 0.416 e. The Morgan fingerprint density at radius 3 is 2.65 bits per heavy atom. The predicted molar refractivity (Wildman–Crippen MR) is 89.7 cm³/mol. The van der Waals surface area contributed by atoms with Gasteiger partial charge in [-0.15, -0.1) is 0 Å². The zero-order chi connectivity index (χ0) is 22.7. The summed E-state index contributed by atoms with van der Waals surface area (Å²) in [4.78, 5) is 27.4. The fraction of sp³-hybridized carbons (Fsp3) is 0.529. The van der Waals surface area contributed by atoms with Crippen LogP contribution in [-0.2, 0) is 20.5 Å². The summed E-state index contributed by atoms with van der Waals surface area (Å²) < 4.78 is 72.7. The molecule has 1 heterocycles. The van der Waals surface area contributed by atoms with Gasteiger partial charge in [-0.05, 0) is 18.2 Å². The lowest BCUT2D eigenvalue weighted by Gasteiger charge is -2.37. The van der Waals surface area contributed by atoms with Crippen LogP contribution >= 0.6 is 0 Å². The van der Waals surface area contributed by atoms with E-state index in [-0.39, 0.29) is 38.5 Å². The van der Waals surface area contributed by atoms with Crippen molar-refractivity contribution in [2.45, 2.75) is 19.1 Å². The normalized spacial score (nSPS) is 19.1. The van der Waals surface area contributed by atoms with Crippen LogP contribution in [0.2, 0.25) is 0 Å². The number of hydrogen-bond donors (Lipinski definition) is 1. The number of carbonyl (C=O) groups excluding carboxylic acids is 2. The molecule has 144 valence electrons. The fourth-order valence-corrected chi connectivity index (χ4v) is 2.72. The smallest absolute Gasteiger partial charge is 0.382 e. The van der Waals surface area contributed by atoms with Gasteiger partial charge in [-0.2, -0.15) is 13.2 Å². The molecular formula is C17H22F3N3O3. The maximum absolute atomic E-state index is 13.0. The third-order valence-electron chi connectivity index (χ3n) is 3.98. The van der Waals surface area contributed by atoms with Crippen LogP contribution in [0.3, 0.4) is 0 Å². The minimum atomic E-state index is -4.64. The quantitative estimate of drug-likeness (QED) is 0.845. The van der Waals surface area contributed by atoms with Gasteiger partial charge in [0.15, 0.2) is 0 Å². The number of nitrogens with one attached hydrogen (secondary N) is 1. The van der Waals surface area contributed by atoms with E-state index in [0.29, 0.717) is 0 Å². The Hall–Kier alpha value is -2.29. The van der Waals surface area contributed by atoms with Crippen LogP contribution < -0.4 is 10.2 Å². The summed E-state index contributed by atoms with van der Waals surface area (Å²) in [6, 6.07) is 1.60. The molecule has 0 spiro atoms. The Bertz CT molecular complexity index is 782. The van der Waals surface area contributed by atoms with Gasteiger partial charge in [0.1, 0.15) is 6.04 Å².